The summed E-state index contributed by atoms with van der Waals surface area (Å²) in [6, 6.07) is 19.2. The number of nitrogens with zero attached hydrogens (tertiary/aromatic N) is 3. The number of anilines is 2. The van der Waals surface area contributed by atoms with E-state index < -0.39 is 0 Å². The van der Waals surface area contributed by atoms with Crippen LogP contribution in [0.5, 0.6) is 0 Å². The van der Waals surface area contributed by atoms with Gasteiger partial charge in [0.25, 0.3) is 5.91 Å². The summed E-state index contributed by atoms with van der Waals surface area (Å²) >= 11 is 1.65. The highest BCUT2D eigenvalue weighted by Gasteiger charge is 2.23. The van der Waals surface area contributed by atoms with Crippen molar-refractivity contribution in [1.29, 1.82) is 0 Å². The summed E-state index contributed by atoms with van der Waals surface area (Å²) < 4.78 is 0. The highest BCUT2D eigenvalue weighted by Crippen LogP contribution is 2.32. The van der Waals surface area contributed by atoms with E-state index in [1.54, 1.807) is 47.1 Å². The Labute approximate surface area is 209 Å². The van der Waals surface area contributed by atoms with Gasteiger partial charge in [0.1, 0.15) is 5.03 Å². The summed E-state index contributed by atoms with van der Waals surface area (Å²) in [6.07, 6.45) is 3.74. The molecule has 2 aromatic carbocycles. The molecular weight excluding hydrogens is 458 g/mol. The number of hydrogen-bond donors (Lipinski definition) is 2. The predicted molar refractivity (Wildman–Crippen MR) is 140 cm³/mol. The summed E-state index contributed by atoms with van der Waals surface area (Å²) in [5.74, 6) is 0.710. The molecule has 2 N–H and O–H groups in total. The SMILES string of the molecule is O=C(NCCCN1CCc2ccccc2C1)c1ccc(NC(=O)N2CCSc3ncccc32)cc1. The van der Waals surface area contributed by atoms with Crippen molar-refractivity contribution in [1.82, 2.24) is 15.2 Å². The van der Waals surface area contributed by atoms with E-state index in [-0.39, 0.29) is 11.9 Å². The lowest BCUT2D eigenvalue weighted by molar-refractivity contribution is 0.0951. The molecule has 3 heterocycles. The van der Waals surface area contributed by atoms with Crippen LogP contribution in [-0.2, 0) is 13.0 Å². The molecule has 180 valence electrons. The van der Waals surface area contributed by atoms with Crippen LogP contribution in [0.2, 0.25) is 0 Å². The minimum atomic E-state index is -0.197. The summed E-state index contributed by atoms with van der Waals surface area (Å²) in [5.41, 5.74) is 4.92. The van der Waals surface area contributed by atoms with Crippen molar-refractivity contribution in [2.75, 3.05) is 42.1 Å². The van der Waals surface area contributed by atoms with Crippen molar-refractivity contribution in [2.24, 2.45) is 0 Å². The number of amides is 3. The van der Waals surface area contributed by atoms with E-state index in [4.69, 9.17) is 0 Å². The van der Waals surface area contributed by atoms with Crippen LogP contribution >= 0.6 is 11.8 Å². The third kappa shape index (κ3) is 5.66. The molecule has 2 aliphatic heterocycles. The molecule has 0 radical (unpaired) electrons. The van der Waals surface area contributed by atoms with Gasteiger partial charge in [0.2, 0.25) is 0 Å². The number of rotatable bonds is 6. The van der Waals surface area contributed by atoms with Gasteiger partial charge in [0.15, 0.2) is 0 Å². The molecule has 0 aliphatic carbocycles. The molecule has 0 unspecified atom stereocenters. The topological polar surface area (TPSA) is 77.6 Å². The van der Waals surface area contributed by atoms with Gasteiger partial charge < -0.3 is 10.6 Å². The number of carbonyl (C=O) groups is 2. The number of fused-ring (bicyclic) bond motifs is 2. The van der Waals surface area contributed by atoms with E-state index in [9.17, 15) is 9.59 Å². The number of aromatic nitrogens is 1. The monoisotopic (exact) mass is 487 g/mol. The van der Waals surface area contributed by atoms with Crippen molar-refractivity contribution >= 4 is 35.1 Å². The highest BCUT2D eigenvalue weighted by atomic mass is 32.2. The van der Waals surface area contributed by atoms with Crippen LogP contribution in [0.3, 0.4) is 0 Å². The minimum absolute atomic E-state index is 0.0973. The highest BCUT2D eigenvalue weighted by molar-refractivity contribution is 7.99. The average Bonchev–Trinajstić information content (AvgIpc) is 2.91. The maximum atomic E-state index is 12.8. The first-order chi connectivity index (χ1) is 17.2. The summed E-state index contributed by atoms with van der Waals surface area (Å²) in [4.78, 5) is 33.9. The number of pyridine rings is 1. The second-order valence-electron chi connectivity index (χ2n) is 8.74. The van der Waals surface area contributed by atoms with Gasteiger partial charge in [0, 0.05) is 55.9 Å². The molecule has 2 aliphatic rings. The maximum Gasteiger partial charge on any atom is 0.326 e. The Balaban J connectivity index is 1.07. The molecule has 1 aromatic heterocycles. The Bertz CT molecular complexity index is 1200. The van der Waals surface area contributed by atoms with Gasteiger partial charge in [-0.1, -0.05) is 24.3 Å². The molecule has 35 heavy (non-hydrogen) atoms. The Morgan fingerprint density at radius 3 is 2.66 bits per heavy atom. The molecule has 3 aromatic rings. The third-order valence-corrected chi connectivity index (χ3v) is 7.36. The number of nitrogens with one attached hydrogen (secondary N) is 2. The molecule has 0 saturated carbocycles. The van der Waals surface area contributed by atoms with Crippen LogP contribution in [0.25, 0.3) is 0 Å². The van der Waals surface area contributed by atoms with Crippen LogP contribution < -0.4 is 15.5 Å². The number of hydrogen-bond acceptors (Lipinski definition) is 5. The smallest absolute Gasteiger partial charge is 0.326 e. The van der Waals surface area contributed by atoms with Gasteiger partial charge in [-0.2, -0.15) is 0 Å². The predicted octanol–water partition coefficient (Wildman–Crippen LogP) is 4.40. The van der Waals surface area contributed by atoms with Gasteiger partial charge in [-0.3, -0.25) is 14.6 Å². The number of benzene rings is 2. The lowest BCUT2D eigenvalue weighted by atomic mass is 10.00. The van der Waals surface area contributed by atoms with Crippen molar-refractivity contribution < 1.29 is 9.59 Å². The molecule has 0 spiro atoms. The largest absolute Gasteiger partial charge is 0.352 e. The van der Waals surface area contributed by atoms with Crippen molar-refractivity contribution in [3.8, 4) is 0 Å². The zero-order valence-electron chi connectivity index (χ0n) is 19.6. The fraction of sp³-hybridized carbons (Fsp3) is 0.296. The van der Waals surface area contributed by atoms with E-state index in [1.165, 1.54) is 11.1 Å². The Kier molecular flexibility index (Phi) is 7.30. The molecule has 5 rings (SSSR count). The van der Waals surface area contributed by atoms with Crippen LogP contribution in [0, 0.1) is 0 Å². The molecule has 8 heteroatoms. The fourth-order valence-electron chi connectivity index (χ4n) is 4.51. The normalized spacial score (nSPS) is 15.1. The first-order valence-corrected chi connectivity index (χ1v) is 13.0. The first kappa shape index (κ1) is 23.4. The summed E-state index contributed by atoms with van der Waals surface area (Å²) in [5, 5.41) is 6.80. The average molecular weight is 488 g/mol. The zero-order valence-corrected chi connectivity index (χ0v) is 20.4. The van der Waals surface area contributed by atoms with Crippen molar-refractivity contribution in [2.45, 2.75) is 24.4 Å². The van der Waals surface area contributed by atoms with Crippen LogP contribution in [-0.4, -0.2) is 53.8 Å². The van der Waals surface area contributed by atoms with Crippen LogP contribution in [0.1, 0.15) is 27.9 Å². The molecule has 3 amide bonds. The molecule has 0 bridgehead atoms. The molecule has 0 saturated heterocycles. The summed E-state index contributed by atoms with van der Waals surface area (Å²) in [7, 11) is 0. The number of urea groups is 1. The lowest BCUT2D eigenvalue weighted by Crippen LogP contribution is -2.38. The molecule has 7 nitrogen and oxygen atoms in total. The second-order valence-corrected chi connectivity index (χ2v) is 9.82. The second kappa shape index (κ2) is 10.9. The zero-order chi connectivity index (χ0) is 24.0. The quantitative estimate of drug-likeness (QED) is 0.504. The van der Waals surface area contributed by atoms with E-state index in [2.05, 4.69) is 44.8 Å². The van der Waals surface area contributed by atoms with Crippen LogP contribution in [0.15, 0.2) is 71.9 Å². The van der Waals surface area contributed by atoms with E-state index in [1.807, 2.05) is 12.1 Å². The van der Waals surface area contributed by atoms with Gasteiger partial charge in [-0.25, -0.2) is 9.78 Å². The van der Waals surface area contributed by atoms with E-state index >= 15 is 0 Å². The van der Waals surface area contributed by atoms with Gasteiger partial charge >= 0.3 is 6.03 Å². The lowest BCUT2D eigenvalue weighted by Gasteiger charge is -2.28. The number of thioether (sulfide) groups is 1. The van der Waals surface area contributed by atoms with Crippen LogP contribution in [0.4, 0.5) is 16.2 Å². The van der Waals surface area contributed by atoms with Gasteiger partial charge in [-0.05, 0) is 60.4 Å². The number of carbonyl (C=O) groups excluding carboxylic acids is 2. The van der Waals surface area contributed by atoms with Crippen molar-refractivity contribution in [3.63, 3.8) is 0 Å². The molecular formula is C27H29N5O2S. The Morgan fingerprint density at radius 2 is 1.80 bits per heavy atom. The standard InChI is InChI=1S/C27H29N5O2S/c33-25(28-14-4-15-31-16-12-20-5-1-2-6-22(20)19-31)21-8-10-23(11-9-21)30-27(34)32-17-18-35-26-24(32)7-3-13-29-26/h1-3,5-11,13H,4,12,14-19H2,(H,28,33)(H,30,34). The molecule has 0 atom stereocenters. The van der Waals surface area contributed by atoms with E-state index in [0.717, 1.165) is 48.9 Å². The fourth-order valence-corrected chi connectivity index (χ4v) is 5.44. The van der Waals surface area contributed by atoms with Crippen molar-refractivity contribution in [3.05, 3.63) is 83.6 Å². The first-order valence-electron chi connectivity index (χ1n) is 12.0. The Hall–Kier alpha value is -3.36. The van der Waals surface area contributed by atoms with E-state index in [0.29, 0.717) is 24.3 Å². The van der Waals surface area contributed by atoms with Gasteiger partial charge in [0.05, 0.1) is 5.69 Å². The minimum Gasteiger partial charge on any atom is -0.352 e. The maximum absolute atomic E-state index is 12.8. The summed E-state index contributed by atoms with van der Waals surface area (Å²) in [6.45, 7) is 4.27. The van der Waals surface area contributed by atoms with Gasteiger partial charge in [-0.15, -0.1) is 11.8 Å². The Morgan fingerprint density at radius 1 is 0.971 bits per heavy atom. The third-order valence-electron chi connectivity index (χ3n) is 6.39. The molecule has 0 fully saturated rings.